The average Bonchev–Trinajstić information content (AvgIpc) is 3.22. The van der Waals surface area contributed by atoms with Gasteiger partial charge in [-0.05, 0) is 31.2 Å². The highest BCUT2D eigenvalue weighted by atomic mass is 32.2. The molecule has 3 heterocycles. The molecule has 1 N–H and O–H groups in total. The molecule has 0 bridgehead atoms. The van der Waals surface area contributed by atoms with Gasteiger partial charge < -0.3 is 15.0 Å². The maximum Gasteiger partial charge on any atom is 0.232 e. The van der Waals surface area contributed by atoms with E-state index in [1.807, 2.05) is 34.9 Å². The first kappa shape index (κ1) is 20.4. The second-order valence-electron chi connectivity index (χ2n) is 6.94. The van der Waals surface area contributed by atoms with E-state index in [1.165, 1.54) is 17.3 Å². The third kappa shape index (κ3) is 4.98. The van der Waals surface area contributed by atoms with Gasteiger partial charge in [0.1, 0.15) is 0 Å². The molecule has 3 aromatic rings. The van der Waals surface area contributed by atoms with Crippen LogP contribution < -0.4 is 10.2 Å². The topological polar surface area (TPSA) is 85.2 Å². The van der Waals surface area contributed by atoms with Crippen LogP contribution in [0.3, 0.4) is 0 Å². The quantitative estimate of drug-likeness (QED) is 0.582. The van der Waals surface area contributed by atoms with E-state index in [2.05, 4.69) is 44.5 Å². The lowest BCUT2D eigenvalue weighted by Gasteiger charge is -2.27. The van der Waals surface area contributed by atoms with Gasteiger partial charge in [-0.1, -0.05) is 35.5 Å². The summed E-state index contributed by atoms with van der Waals surface area (Å²) < 4.78 is 7.48. The molecule has 1 saturated heterocycles. The lowest BCUT2D eigenvalue weighted by Crippen LogP contribution is -2.37. The van der Waals surface area contributed by atoms with Crippen molar-refractivity contribution < 1.29 is 9.53 Å². The van der Waals surface area contributed by atoms with E-state index in [4.69, 9.17) is 4.74 Å². The summed E-state index contributed by atoms with van der Waals surface area (Å²) >= 11 is 1.37. The number of hydrogen-bond donors (Lipinski definition) is 1. The number of pyridine rings is 1. The fourth-order valence-electron chi connectivity index (χ4n) is 3.12. The van der Waals surface area contributed by atoms with Crippen molar-refractivity contribution in [2.24, 2.45) is 0 Å². The number of aromatic nitrogens is 4. The van der Waals surface area contributed by atoms with Crippen LogP contribution in [0, 0.1) is 6.92 Å². The number of aryl methyl sites for hydroxylation is 1. The Bertz CT molecular complexity index is 971. The Balaban J connectivity index is 1.48. The van der Waals surface area contributed by atoms with Crippen LogP contribution >= 0.6 is 11.8 Å². The van der Waals surface area contributed by atoms with Gasteiger partial charge in [-0.15, -0.1) is 10.2 Å². The molecule has 1 aliphatic heterocycles. The monoisotopic (exact) mass is 424 g/mol. The highest BCUT2D eigenvalue weighted by Crippen LogP contribution is 2.27. The van der Waals surface area contributed by atoms with Crippen LogP contribution in [-0.4, -0.2) is 57.7 Å². The first-order chi connectivity index (χ1) is 14.7. The van der Waals surface area contributed by atoms with Crippen molar-refractivity contribution in [2.45, 2.75) is 18.6 Å². The number of rotatable bonds is 7. The second kappa shape index (κ2) is 9.73. The molecule has 0 spiro atoms. The van der Waals surface area contributed by atoms with Crippen LogP contribution in [0.1, 0.15) is 11.3 Å². The Kier molecular flexibility index (Phi) is 6.60. The Labute approximate surface area is 179 Å². The van der Waals surface area contributed by atoms with Crippen LogP contribution in [0.5, 0.6) is 0 Å². The van der Waals surface area contributed by atoms with Gasteiger partial charge in [0.2, 0.25) is 11.9 Å². The third-order valence-electron chi connectivity index (χ3n) is 4.73. The highest BCUT2D eigenvalue weighted by molar-refractivity contribution is 7.99. The van der Waals surface area contributed by atoms with E-state index in [0.29, 0.717) is 24.9 Å². The highest BCUT2D eigenvalue weighted by Gasteiger charge is 2.22. The molecular formula is C21H24N6O2S. The Hall–Kier alpha value is -2.91. The summed E-state index contributed by atoms with van der Waals surface area (Å²) in [6.45, 7) is 5.32. The van der Waals surface area contributed by atoms with Gasteiger partial charge in [0, 0.05) is 19.3 Å². The predicted molar refractivity (Wildman–Crippen MR) is 116 cm³/mol. The second-order valence-corrected chi connectivity index (χ2v) is 7.88. The number of morpholine rings is 1. The number of thioether (sulfide) groups is 1. The molecule has 0 unspecified atom stereocenters. The minimum absolute atomic E-state index is 0.0722. The minimum Gasteiger partial charge on any atom is -0.378 e. The lowest BCUT2D eigenvalue weighted by atomic mass is 10.2. The van der Waals surface area contributed by atoms with Crippen molar-refractivity contribution in [3.8, 4) is 5.69 Å². The van der Waals surface area contributed by atoms with Gasteiger partial charge in [0.25, 0.3) is 0 Å². The number of carbonyl (C=O) groups is 1. The van der Waals surface area contributed by atoms with Crippen molar-refractivity contribution in [3.63, 3.8) is 0 Å². The molecule has 30 heavy (non-hydrogen) atoms. The number of carbonyl (C=O) groups excluding carboxylic acids is 1. The van der Waals surface area contributed by atoms with E-state index in [9.17, 15) is 4.79 Å². The fraction of sp³-hybridized carbons (Fsp3) is 0.333. The first-order valence-corrected chi connectivity index (χ1v) is 10.8. The van der Waals surface area contributed by atoms with E-state index in [-0.39, 0.29) is 11.7 Å². The van der Waals surface area contributed by atoms with Crippen LogP contribution in [0.4, 0.5) is 5.95 Å². The zero-order chi connectivity index (χ0) is 20.8. The minimum atomic E-state index is -0.0722. The lowest BCUT2D eigenvalue weighted by molar-refractivity contribution is -0.118. The van der Waals surface area contributed by atoms with Crippen molar-refractivity contribution in [3.05, 3.63) is 59.9 Å². The summed E-state index contributed by atoms with van der Waals surface area (Å²) in [7, 11) is 0. The van der Waals surface area contributed by atoms with Gasteiger partial charge >= 0.3 is 0 Å². The van der Waals surface area contributed by atoms with E-state index in [0.717, 1.165) is 30.4 Å². The molecule has 8 nitrogen and oxygen atoms in total. The maximum atomic E-state index is 12.3. The third-order valence-corrected chi connectivity index (χ3v) is 5.66. The maximum absolute atomic E-state index is 12.3. The van der Waals surface area contributed by atoms with Gasteiger partial charge in [-0.2, -0.15) is 0 Å². The largest absolute Gasteiger partial charge is 0.378 e. The van der Waals surface area contributed by atoms with Crippen molar-refractivity contribution in [1.82, 2.24) is 25.1 Å². The molecule has 0 radical (unpaired) electrons. The Morgan fingerprint density at radius 1 is 1.13 bits per heavy atom. The molecular weight excluding hydrogens is 400 g/mol. The molecule has 1 aliphatic rings. The summed E-state index contributed by atoms with van der Waals surface area (Å²) in [5, 5.41) is 12.4. The van der Waals surface area contributed by atoms with Crippen molar-refractivity contribution >= 4 is 23.6 Å². The average molecular weight is 425 g/mol. The van der Waals surface area contributed by atoms with Gasteiger partial charge in [0.15, 0.2) is 5.16 Å². The summed E-state index contributed by atoms with van der Waals surface area (Å²) in [4.78, 5) is 18.7. The van der Waals surface area contributed by atoms with E-state index < -0.39 is 0 Å². The molecule has 1 fully saturated rings. The summed E-state index contributed by atoms with van der Waals surface area (Å²) in [6.07, 6.45) is 1.72. The number of benzene rings is 1. The van der Waals surface area contributed by atoms with Gasteiger partial charge in [-0.25, -0.2) is 0 Å². The molecule has 0 saturated carbocycles. The van der Waals surface area contributed by atoms with Crippen molar-refractivity contribution in [1.29, 1.82) is 0 Å². The Morgan fingerprint density at radius 3 is 2.67 bits per heavy atom. The van der Waals surface area contributed by atoms with Crippen molar-refractivity contribution in [2.75, 3.05) is 37.0 Å². The molecule has 156 valence electrons. The molecule has 1 aromatic carbocycles. The normalized spacial score (nSPS) is 14.0. The SMILES string of the molecule is Cc1ccc(-n2c(SCC(=O)NCc3ccccn3)nnc2N2CCOCC2)cc1. The molecule has 4 rings (SSSR count). The molecule has 0 atom stereocenters. The zero-order valence-corrected chi connectivity index (χ0v) is 17.6. The summed E-state index contributed by atoms with van der Waals surface area (Å²) in [5.74, 6) is 0.954. The predicted octanol–water partition coefficient (Wildman–Crippen LogP) is 2.22. The number of amides is 1. The summed E-state index contributed by atoms with van der Waals surface area (Å²) in [5.41, 5.74) is 2.99. The zero-order valence-electron chi connectivity index (χ0n) is 16.8. The fourth-order valence-corrected chi connectivity index (χ4v) is 3.89. The van der Waals surface area contributed by atoms with Crippen LogP contribution in [0.25, 0.3) is 5.69 Å². The number of anilines is 1. The Morgan fingerprint density at radius 2 is 1.93 bits per heavy atom. The number of nitrogens with one attached hydrogen (secondary N) is 1. The number of nitrogens with zero attached hydrogens (tertiary/aromatic N) is 5. The first-order valence-electron chi connectivity index (χ1n) is 9.85. The van der Waals surface area contributed by atoms with Crippen LogP contribution in [0.2, 0.25) is 0 Å². The molecule has 2 aromatic heterocycles. The van der Waals surface area contributed by atoms with Gasteiger partial charge in [-0.3, -0.25) is 14.3 Å². The number of hydrogen-bond acceptors (Lipinski definition) is 7. The smallest absolute Gasteiger partial charge is 0.232 e. The van der Waals surface area contributed by atoms with E-state index >= 15 is 0 Å². The molecule has 0 aliphatic carbocycles. The molecule has 9 heteroatoms. The van der Waals surface area contributed by atoms with Crippen LogP contribution in [0.15, 0.2) is 53.8 Å². The van der Waals surface area contributed by atoms with Crippen LogP contribution in [-0.2, 0) is 16.1 Å². The standard InChI is InChI=1S/C21H24N6O2S/c1-16-5-7-18(8-6-16)27-20(26-10-12-29-13-11-26)24-25-21(27)30-15-19(28)23-14-17-4-2-3-9-22-17/h2-9H,10-15H2,1H3,(H,23,28). The number of ether oxygens (including phenoxy) is 1. The van der Waals surface area contributed by atoms with E-state index in [1.54, 1.807) is 6.20 Å². The summed E-state index contributed by atoms with van der Waals surface area (Å²) in [6, 6.07) is 13.9. The van der Waals surface area contributed by atoms with Gasteiger partial charge in [0.05, 0.1) is 36.9 Å². The molecule has 1 amide bonds.